The standard InChI is InChI=1S/C26H35N3O3/c1-5-29(6-2)16-15-27-25(30)24(18(3)4)28-26(31)32-17-23-21-13-9-7-11-19(21)20-12-8-10-14-22(20)23/h7-14,18,23-24H,5-6,15-17H2,1-4H3,(H,27,30)(H,28,31)/t24-/m0/s1. The predicted octanol–water partition coefficient (Wildman–Crippen LogP) is 4.01. The molecule has 2 aromatic carbocycles. The first-order valence-electron chi connectivity index (χ1n) is 11.6. The second-order valence-corrected chi connectivity index (χ2v) is 8.51. The van der Waals surface area contributed by atoms with Gasteiger partial charge in [0.1, 0.15) is 12.6 Å². The summed E-state index contributed by atoms with van der Waals surface area (Å²) in [6.07, 6.45) is -0.565. The van der Waals surface area contributed by atoms with E-state index in [0.717, 1.165) is 30.8 Å². The predicted molar refractivity (Wildman–Crippen MR) is 128 cm³/mol. The monoisotopic (exact) mass is 437 g/mol. The highest BCUT2D eigenvalue weighted by atomic mass is 16.5. The van der Waals surface area contributed by atoms with Crippen LogP contribution in [0.25, 0.3) is 11.1 Å². The third kappa shape index (κ3) is 5.49. The first-order chi connectivity index (χ1) is 15.5. The van der Waals surface area contributed by atoms with Crippen LogP contribution in [-0.2, 0) is 9.53 Å². The Bertz CT molecular complexity index is 879. The van der Waals surface area contributed by atoms with E-state index in [2.05, 4.69) is 53.6 Å². The molecule has 0 bridgehead atoms. The van der Waals surface area contributed by atoms with Crippen LogP contribution in [0.1, 0.15) is 44.7 Å². The maximum absolute atomic E-state index is 12.7. The molecule has 0 heterocycles. The van der Waals surface area contributed by atoms with Crippen LogP contribution in [0.5, 0.6) is 0 Å². The van der Waals surface area contributed by atoms with Gasteiger partial charge in [-0.2, -0.15) is 0 Å². The number of alkyl carbamates (subject to hydrolysis) is 1. The highest BCUT2D eigenvalue weighted by Gasteiger charge is 2.30. The fraction of sp³-hybridized carbons (Fsp3) is 0.462. The minimum absolute atomic E-state index is 0.00597. The molecule has 6 heteroatoms. The van der Waals surface area contributed by atoms with Gasteiger partial charge in [-0.1, -0.05) is 76.2 Å². The number of nitrogens with zero attached hydrogens (tertiary/aromatic N) is 1. The Morgan fingerprint density at radius 1 is 0.969 bits per heavy atom. The van der Waals surface area contributed by atoms with Crippen molar-refractivity contribution in [2.45, 2.75) is 39.7 Å². The van der Waals surface area contributed by atoms with Crippen molar-refractivity contribution in [3.8, 4) is 11.1 Å². The molecule has 0 aromatic heterocycles. The summed E-state index contributed by atoms with van der Waals surface area (Å²) in [5.74, 6) is -0.238. The molecule has 0 saturated heterocycles. The average molecular weight is 438 g/mol. The molecule has 6 nitrogen and oxygen atoms in total. The number of rotatable bonds is 10. The summed E-state index contributed by atoms with van der Waals surface area (Å²) in [6.45, 7) is 11.5. The molecule has 0 radical (unpaired) electrons. The molecule has 0 unspecified atom stereocenters. The van der Waals surface area contributed by atoms with E-state index in [1.807, 2.05) is 38.1 Å². The van der Waals surface area contributed by atoms with Crippen molar-refractivity contribution < 1.29 is 14.3 Å². The first kappa shape index (κ1) is 23.8. The molecule has 3 rings (SSSR count). The molecule has 1 aliphatic rings. The summed E-state index contributed by atoms with van der Waals surface area (Å²) >= 11 is 0. The van der Waals surface area contributed by atoms with E-state index in [9.17, 15) is 9.59 Å². The largest absolute Gasteiger partial charge is 0.449 e. The van der Waals surface area contributed by atoms with Crippen molar-refractivity contribution >= 4 is 12.0 Å². The molecule has 0 aliphatic heterocycles. The molecule has 0 spiro atoms. The Hall–Kier alpha value is -2.86. The number of carbonyl (C=O) groups is 2. The number of carbonyl (C=O) groups excluding carboxylic acids is 2. The van der Waals surface area contributed by atoms with Crippen LogP contribution in [0, 0.1) is 5.92 Å². The molecular formula is C26H35N3O3. The van der Waals surface area contributed by atoms with Gasteiger partial charge in [0.25, 0.3) is 0 Å². The number of hydrogen-bond acceptors (Lipinski definition) is 4. The van der Waals surface area contributed by atoms with E-state index >= 15 is 0 Å². The van der Waals surface area contributed by atoms with Crippen LogP contribution in [0.2, 0.25) is 0 Å². The van der Waals surface area contributed by atoms with E-state index in [0.29, 0.717) is 6.54 Å². The van der Waals surface area contributed by atoms with Gasteiger partial charge in [0.2, 0.25) is 5.91 Å². The van der Waals surface area contributed by atoms with Crippen LogP contribution in [0.4, 0.5) is 4.79 Å². The normalized spacial score (nSPS) is 13.6. The van der Waals surface area contributed by atoms with Gasteiger partial charge in [-0.25, -0.2) is 4.79 Å². The SMILES string of the molecule is CCN(CC)CCNC(=O)[C@@H](NC(=O)OCC1c2ccccc2-c2ccccc21)C(C)C. The van der Waals surface area contributed by atoms with Crippen molar-refractivity contribution in [3.05, 3.63) is 59.7 Å². The Morgan fingerprint density at radius 2 is 1.53 bits per heavy atom. The maximum atomic E-state index is 12.7. The lowest BCUT2D eigenvalue weighted by Gasteiger charge is -2.23. The maximum Gasteiger partial charge on any atom is 0.407 e. The van der Waals surface area contributed by atoms with E-state index in [-0.39, 0.29) is 24.3 Å². The molecule has 32 heavy (non-hydrogen) atoms. The lowest BCUT2D eigenvalue weighted by molar-refractivity contribution is -0.124. The Balaban J connectivity index is 1.58. The third-order valence-corrected chi connectivity index (χ3v) is 6.19. The quantitative estimate of drug-likeness (QED) is 0.589. The van der Waals surface area contributed by atoms with Gasteiger partial charge in [-0.3, -0.25) is 4.79 Å². The smallest absolute Gasteiger partial charge is 0.407 e. The van der Waals surface area contributed by atoms with Crippen molar-refractivity contribution in [1.82, 2.24) is 15.5 Å². The number of ether oxygens (including phenoxy) is 1. The van der Waals surface area contributed by atoms with Crippen LogP contribution < -0.4 is 10.6 Å². The number of amides is 2. The second-order valence-electron chi connectivity index (χ2n) is 8.51. The molecule has 1 atom stereocenters. The lowest BCUT2D eigenvalue weighted by Crippen LogP contribution is -2.51. The van der Waals surface area contributed by atoms with Crippen LogP contribution in [0.3, 0.4) is 0 Å². The second kappa shape index (κ2) is 11.1. The molecule has 0 saturated carbocycles. The zero-order valence-electron chi connectivity index (χ0n) is 19.6. The Labute approximate surface area is 191 Å². The van der Waals surface area contributed by atoms with Gasteiger partial charge in [0.15, 0.2) is 0 Å². The number of likely N-dealkylation sites (N-methyl/N-ethyl adjacent to an activating group) is 1. The summed E-state index contributed by atoms with van der Waals surface area (Å²) < 4.78 is 5.61. The van der Waals surface area contributed by atoms with Gasteiger partial charge in [-0.15, -0.1) is 0 Å². The first-order valence-corrected chi connectivity index (χ1v) is 11.6. The minimum Gasteiger partial charge on any atom is -0.449 e. The van der Waals surface area contributed by atoms with Gasteiger partial charge < -0.3 is 20.3 Å². The summed E-state index contributed by atoms with van der Waals surface area (Å²) in [7, 11) is 0. The van der Waals surface area contributed by atoms with Crippen molar-refractivity contribution in [1.29, 1.82) is 0 Å². The molecule has 172 valence electrons. The van der Waals surface area contributed by atoms with Crippen LogP contribution >= 0.6 is 0 Å². The van der Waals surface area contributed by atoms with Gasteiger partial charge in [0, 0.05) is 19.0 Å². The highest BCUT2D eigenvalue weighted by molar-refractivity contribution is 5.86. The Morgan fingerprint density at radius 3 is 2.06 bits per heavy atom. The number of nitrogens with one attached hydrogen (secondary N) is 2. The van der Waals surface area contributed by atoms with Crippen LogP contribution in [-0.4, -0.2) is 55.7 Å². The average Bonchev–Trinajstić information content (AvgIpc) is 3.12. The third-order valence-electron chi connectivity index (χ3n) is 6.19. The Kier molecular flexibility index (Phi) is 8.28. The number of benzene rings is 2. The number of fused-ring (bicyclic) bond motifs is 3. The van der Waals surface area contributed by atoms with Gasteiger partial charge in [0.05, 0.1) is 0 Å². The van der Waals surface area contributed by atoms with Gasteiger partial charge in [-0.05, 0) is 41.3 Å². The van der Waals surface area contributed by atoms with E-state index < -0.39 is 12.1 Å². The summed E-state index contributed by atoms with van der Waals surface area (Å²) in [5, 5.41) is 5.71. The van der Waals surface area contributed by atoms with Crippen molar-refractivity contribution in [2.24, 2.45) is 5.92 Å². The highest BCUT2D eigenvalue weighted by Crippen LogP contribution is 2.44. The molecule has 0 fully saturated rings. The molecular weight excluding hydrogens is 402 g/mol. The van der Waals surface area contributed by atoms with E-state index in [1.54, 1.807) is 0 Å². The lowest BCUT2D eigenvalue weighted by atomic mass is 9.98. The van der Waals surface area contributed by atoms with Gasteiger partial charge >= 0.3 is 6.09 Å². The fourth-order valence-electron chi connectivity index (χ4n) is 4.29. The summed E-state index contributed by atoms with van der Waals surface area (Å²) in [6, 6.07) is 15.8. The molecule has 2 amide bonds. The molecule has 1 aliphatic carbocycles. The molecule has 2 aromatic rings. The zero-order valence-corrected chi connectivity index (χ0v) is 19.6. The summed E-state index contributed by atoms with van der Waals surface area (Å²) in [5.41, 5.74) is 4.70. The van der Waals surface area contributed by atoms with Crippen molar-refractivity contribution in [3.63, 3.8) is 0 Å². The van der Waals surface area contributed by atoms with Crippen molar-refractivity contribution in [2.75, 3.05) is 32.8 Å². The summed E-state index contributed by atoms with van der Waals surface area (Å²) in [4.78, 5) is 27.5. The fourth-order valence-corrected chi connectivity index (χ4v) is 4.29. The van der Waals surface area contributed by atoms with E-state index in [4.69, 9.17) is 4.74 Å². The van der Waals surface area contributed by atoms with E-state index in [1.165, 1.54) is 11.1 Å². The van der Waals surface area contributed by atoms with Crippen LogP contribution in [0.15, 0.2) is 48.5 Å². The zero-order chi connectivity index (χ0) is 23.1. The topological polar surface area (TPSA) is 70.7 Å². The number of hydrogen-bond donors (Lipinski definition) is 2. The molecule has 2 N–H and O–H groups in total. The minimum atomic E-state index is -0.637.